The Balaban J connectivity index is 2.77. The molecule has 0 unspecified atom stereocenters. The van der Waals surface area contributed by atoms with Crippen LogP contribution in [0, 0.1) is 0 Å². The fourth-order valence-corrected chi connectivity index (χ4v) is 0.221. The quantitative estimate of drug-likeness (QED) is 0.299. The van der Waals surface area contributed by atoms with E-state index in [-0.39, 0.29) is 0 Å². The zero-order valence-corrected chi connectivity index (χ0v) is 3.52. The average molecular weight is 101 g/mol. The van der Waals surface area contributed by atoms with Crippen molar-refractivity contribution in [1.29, 1.82) is 0 Å². The second kappa shape index (κ2) is 1.06. The third-order valence-corrected chi connectivity index (χ3v) is 0.483. The second-order valence-corrected chi connectivity index (χ2v) is 1.20. The average Bonchev–Trinajstić information content (AvgIpc) is 1.84. The molecule has 0 fully saturated rings. The molecule has 0 aromatic carbocycles. The molecule has 0 radical (unpaired) electrons. The summed E-state index contributed by atoms with van der Waals surface area (Å²) in [6, 6.07) is 0. The van der Waals surface area contributed by atoms with Crippen LogP contribution in [0.4, 0.5) is 0 Å². The highest BCUT2D eigenvalue weighted by Crippen LogP contribution is 1.93. The van der Waals surface area contributed by atoms with Crippen LogP contribution in [0.25, 0.3) is 0 Å². The number of quaternary nitrogens is 1. The minimum Gasteiger partial charge on any atom is -0.126 e. The molecule has 1 heterocycles. The minimum absolute atomic E-state index is 0.583. The summed E-state index contributed by atoms with van der Waals surface area (Å²) < 4.78 is 0. The van der Waals surface area contributed by atoms with Crippen LogP contribution in [0.2, 0.25) is 0 Å². The SMILES string of the molecule is N[N+]1(N)C=NN=N1. The summed E-state index contributed by atoms with van der Waals surface area (Å²) >= 11 is 0. The van der Waals surface area contributed by atoms with Gasteiger partial charge in [-0.1, -0.05) is 5.10 Å². The molecule has 0 amide bonds. The van der Waals surface area contributed by atoms with Crippen molar-refractivity contribution in [3.05, 3.63) is 0 Å². The molecule has 0 saturated heterocycles. The third kappa shape index (κ3) is 0.769. The maximum atomic E-state index is 5.08. The van der Waals surface area contributed by atoms with E-state index in [0.717, 1.165) is 0 Å². The molecule has 0 aliphatic carbocycles. The fraction of sp³-hybridized carbons (Fsp3) is 0. The lowest BCUT2D eigenvalue weighted by Gasteiger charge is -2.02. The Morgan fingerprint density at radius 2 is 2.14 bits per heavy atom. The first kappa shape index (κ1) is 4.31. The predicted octanol–water partition coefficient (Wildman–Crippen LogP) is -1.13. The van der Waals surface area contributed by atoms with E-state index in [1.165, 1.54) is 6.34 Å². The zero-order chi connectivity index (χ0) is 5.33. The van der Waals surface area contributed by atoms with E-state index in [1.54, 1.807) is 0 Å². The number of nitrogens with zero attached hydrogens (tertiary/aromatic N) is 4. The Morgan fingerprint density at radius 1 is 1.43 bits per heavy atom. The van der Waals surface area contributed by atoms with E-state index in [2.05, 4.69) is 15.5 Å². The molecule has 0 atom stereocenters. The summed E-state index contributed by atoms with van der Waals surface area (Å²) in [5, 5.41) is 9.71. The van der Waals surface area contributed by atoms with E-state index in [4.69, 9.17) is 11.7 Å². The molecule has 38 valence electrons. The van der Waals surface area contributed by atoms with Gasteiger partial charge >= 0.3 is 0 Å². The molecular formula is CH5N6+. The largest absolute Gasteiger partial charge is 0.279 e. The van der Waals surface area contributed by atoms with Gasteiger partial charge in [0.1, 0.15) is 0 Å². The predicted molar refractivity (Wildman–Crippen MR) is 22.0 cm³/mol. The summed E-state index contributed by atoms with van der Waals surface area (Å²) in [7, 11) is 0. The van der Waals surface area contributed by atoms with Crippen LogP contribution in [0.1, 0.15) is 0 Å². The minimum atomic E-state index is -0.583. The summed E-state index contributed by atoms with van der Waals surface area (Å²) in [4.78, 5) is -0.583. The number of nitrogens with two attached hydrogens (primary N) is 2. The van der Waals surface area contributed by atoms with Crippen LogP contribution in [-0.2, 0) is 0 Å². The highest BCUT2D eigenvalue weighted by Gasteiger charge is 2.17. The van der Waals surface area contributed by atoms with Crippen LogP contribution in [-0.4, -0.2) is 11.1 Å². The van der Waals surface area contributed by atoms with Crippen molar-refractivity contribution in [2.24, 2.45) is 27.2 Å². The van der Waals surface area contributed by atoms with Gasteiger partial charge in [0.2, 0.25) is 0 Å². The maximum Gasteiger partial charge on any atom is 0.279 e. The fourth-order valence-electron chi connectivity index (χ4n) is 0.221. The normalized spacial score (nSPS) is 23.7. The summed E-state index contributed by atoms with van der Waals surface area (Å²) in [5.74, 6) is 10.2. The Kier molecular flexibility index (Phi) is 0.653. The van der Waals surface area contributed by atoms with Crippen molar-refractivity contribution in [3.8, 4) is 0 Å². The van der Waals surface area contributed by atoms with Gasteiger partial charge in [-0.05, 0) is 0 Å². The lowest BCUT2D eigenvalue weighted by atomic mass is 11.2. The van der Waals surface area contributed by atoms with Gasteiger partial charge in [0.25, 0.3) is 6.34 Å². The molecule has 0 saturated carbocycles. The van der Waals surface area contributed by atoms with Crippen molar-refractivity contribution in [2.45, 2.75) is 0 Å². The van der Waals surface area contributed by atoms with Gasteiger partial charge in [0.15, 0.2) is 0 Å². The summed E-state index contributed by atoms with van der Waals surface area (Å²) in [6.07, 6.45) is 1.21. The van der Waals surface area contributed by atoms with Crippen LogP contribution >= 0.6 is 0 Å². The standard InChI is InChI=1S/CH5N6/c2-7(3)1-4-5-6-7/h1H,2-3H2/q+1. The Labute approximate surface area is 39.6 Å². The number of rotatable bonds is 0. The molecule has 6 heteroatoms. The van der Waals surface area contributed by atoms with Gasteiger partial charge < -0.3 is 0 Å². The molecule has 1 rings (SSSR count). The van der Waals surface area contributed by atoms with E-state index in [9.17, 15) is 0 Å². The van der Waals surface area contributed by atoms with Crippen molar-refractivity contribution in [1.82, 2.24) is 0 Å². The molecule has 1 aliphatic heterocycles. The lowest BCUT2D eigenvalue weighted by Crippen LogP contribution is -2.53. The van der Waals surface area contributed by atoms with Crippen molar-refractivity contribution in [2.75, 3.05) is 0 Å². The lowest BCUT2D eigenvalue weighted by molar-refractivity contribution is -0.867. The number of hydrogen-bond donors (Lipinski definition) is 2. The van der Waals surface area contributed by atoms with Gasteiger partial charge in [-0.15, -0.1) is 11.7 Å². The van der Waals surface area contributed by atoms with Crippen molar-refractivity contribution < 1.29 is 4.81 Å². The summed E-state index contributed by atoms with van der Waals surface area (Å²) in [6.45, 7) is 0. The van der Waals surface area contributed by atoms with Crippen LogP contribution < -0.4 is 11.7 Å². The first-order valence-electron chi connectivity index (χ1n) is 1.63. The first-order valence-corrected chi connectivity index (χ1v) is 1.63. The molecule has 0 aromatic heterocycles. The van der Waals surface area contributed by atoms with Crippen LogP contribution in [0.3, 0.4) is 0 Å². The molecule has 7 heavy (non-hydrogen) atoms. The van der Waals surface area contributed by atoms with E-state index >= 15 is 0 Å². The van der Waals surface area contributed by atoms with Crippen LogP contribution in [0.5, 0.6) is 0 Å². The second-order valence-electron chi connectivity index (χ2n) is 1.20. The maximum absolute atomic E-state index is 5.08. The van der Waals surface area contributed by atoms with Crippen molar-refractivity contribution in [3.63, 3.8) is 0 Å². The monoisotopic (exact) mass is 101 g/mol. The molecule has 1 aliphatic rings. The molecule has 6 nitrogen and oxygen atoms in total. The number of hydrogen-bond acceptors (Lipinski definition) is 5. The molecule has 0 spiro atoms. The summed E-state index contributed by atoms with van der Waals surface area (Å²) in [5.41, 5.74) is 0. The smallest absolute Gasteiger partial charge is 0.126 e. The van der Waals surface area contributed by atoms with Gasteiger partial charge in [0.05, 0.1) is 5.22 Å². The zero-order valence-electron chi connectivity index (χ0n) is 3.52. The van der Waals surface area contributed by atoms with Crippen molar-refractivity contribution >= 4 is 6.34 Å². The van der Waals surface area contributed by atoms with E-state index < -0.39 is 4.81 Å². The molecule has 0 aromatic rings. The third-order valence-electron chi connectivity index (χ3n) is 0.483. The molecule has 4 N–H and O–H groups in total. The van der Waals surface area contributed by atoms with Crippen LogP contribution in [0.15, 0.2) is 15.5 Å². The molecular weight excluding hydrogens is 96.1 g/mol. The molecule has 0 bridgehead atoms. The van der Waals surface area contributed by atoms with Gasteiger partial charge in [0, 0.05) is 10.0 Å². The Hall–Kier alpha value is -0.850. The van der Waals surface area contributed by atoms with Gasteiger partial charge in [-0.25, -0.2) is 0 Å². The van der Waals surface area contributed by atoms with E-state index in [1.807, 2.05) is 0 Å². The topological polar surface area (TPSA) is 89.1 Å². The first-order chi connectivity index (χ1) is 3.21. The Morgan fingerprint density at radius 3 is 2.29 bits per heavy atom. The highest BCUT2D eigenvalue weighted by atomic mass is 16.0. The van der Waals surface area contributed by atoms with Gasteiger partial charge in [-0.2, -0.15) is 0 Å². The Bertz CT molecular complexity index is 106. The highest BCUT2D eigenvalue weighted by molar-refractivity contribution is 5.44. The van der Waals surface area contributed by atoms with Gasteiger partial charge in [-0.3, -0.25) is 0 Å². The van der Waals surface area contributed by atoms with E-state index in [0.29, 0.717) is 0 Å².